The van der Waals surface area contributed by atoms with Crippen LogP contribution in [-0.2, 0) is 13.5 Å². The second-order valence-corrected chi connectivity index (χ2v) is 4.40. The van der Waals surface area contributed by atoms with Crippen LogP contribution in [0.25, 0.3) is 0 Å². The molecule has 1 aliphatic rings. The van der Waals surface area contributed by atoms with E-state index in [2.05, 4.69) is 15.2 Å². The highest BCUT2D eigenvalue weighted by molar-refractivity contribution is 5.83. The molecular weight excluding hydrogens is 202 g/mol. The number of nitrogens with two attached hydrogens (primary N) is 1. The van der Waals surface area contributed by atoms with Crippen molar-refractivity contribution < 1.29 is 0 Å². The lowest BCUT2D eigenvalue weighted by Gasteiger charge is -2.07. The molecule has 1 fully saturated rings. The summed E-state index contributed by atoms with van der Waals surface area (Å²) in [5.74, 6) is 2.32. The van der Waals surface area contributed by atoms with E-state index in [1.165, 1.54) is 25.7 Å². The van der Waals surface area contributed by atoms with Gasteiger partial charge in [-0.05, 0) is 12.8 Å². The summed E-state index contributed by atoms with van der Waals surface area (Å²) in [6.45, 7) is 0.717. The first-order valence-corrected chi connectivity index (χ1v) is 5.90. The van der Waals surface area contributed by atoms with Gasteiger partial charge in [-0.25, -0.2) is 0 Å². The van der Waals surface area contributed by atoms with Crippen molar-refractivity contribution >= 4 is 5.84 Å². The van der Waals surface area contributed by atoms with Crippen LogP contribution >= 0.6 is 0 Å². The Labute approximate surface area is 95.8 Å². The molecule has 1 heterocycles. The summed E-state index contributed by atoms with van der Waals surface area (Å²) < 4.78 is 1.92. The molecule has 0 radical (unpaired) electrons. The van der Waals surface area contributed by atoms with Crippen LogP contribution in [0.3, 0.4) is 0 Å². The zero-order chi connectivity index (χ0) is 11.4. The van der Waals surface area contributed by atoms with E-state index >= 15 is 0 Å². The molecular formula is C11H19N5. The van der Waals surface area contributed by atoms with Gasteiger partial charge in [-0.1, -0.05) is 12.8 Å². The molecule has 16 heavy (non-hydrogen) atoms. The van der Waals surface area contributed by atoms with Gasteiger partial charge in [0.25, 0.3) is 0 Å². The zero-order valence-corrected chi connectivity index (χ0v) is 9.76. The fourth-order valence-electron chi connectivity index (χ4n) is 2.17. The third kappa shape index (κ3) is 2.59. The summed E-state index contributed by atoms with van der Waals surface area (Å²) in [5.41, 5.74) is 5.96. The van der Waals surface area contributed by atoms with E-state index in [1.807, 2.05) is 11.6 Å². The number of nitrogens with zero attached hydrogens (tertiary/aromatic N) is 4. The molecule has 1 aromatic heterocycles. The quantitative estimate of drug-likeness (QED) is 0.607. The van der Waals surface area contributed by atoms with E-state index in [4.69, 9.17) is 5.73 Å². The van der Waals surface area contributed by atoms with Gasteiger partial charge >= 0.3 is 0 Å². The summed E-state index contributed by atoms with van der Waals surface area (Å²) in [5, 5.41) is 7.84. The zero-order valence-electron chi connectivity index (χ0n) is 9.76. The van der Waals surface area contributed by atoms with Gasteiger partial charge in [0.15, 0.2) is 0 Å². The lowest BCUT2D eigenvalue weighted by Crippen LogP contribution is -2.22. The van der Waals surface area contributed by atoms with Gasteiger partial charge in [0.2, 0.25) is 0 Å². The summed E-state index contributed by atoms with van der Waals surface area (Å²) in [4.78, 5) is 4.44. The smallest absolute Gasteiger partial charge is 0.134 e. The van der Waals surface area contributed by atoms with Crippen LogP contribution in [0.1, 0.15) is 31.5 Å². The second-order valence-electron chi connectivity index (χ2n) is 4.40. The third-order valence-electron chi connectivity index (χ3n) is 3.21. The van der Waals surface area contributed by atoms with Crippen LogP contribution in [0.4, 0.5) is 0 Å². The first-order valence-electron chi connectivity index (χ1n) is 5.90. The van der Waals surface area contributed by atoms with Crippen molar-refractivity contribution in [1.82, 2.24) is 14.8 Å². The largest absolute Gasteiger partial charge is 0.387 e. The maximum absolute atomic E-state index is 5.96. The van der Waals surface area contributed by atoms with Gasteiger partial charge in [0.05, 0.1) is 5.84 Å². The highest BCUT2D eigenvalue weighted by Crippen LogP contribution is 2.24. The molecule has 0 spiro atoms. The molecule has 5 nitrogen and oxygen atoms in total. The van der Waals surface area contributed by atoms with E-state index in [0.29, 0.717) is 5.92 Å². The standard InChI is InChI=1S/C11H19N5/c1-16-8-14-15-10(16)6-7-13-11(12)9-4-2-3-5-9/h8-9H,2-7H2,1H3,(H2,12,13). The maximum atomic E-state index is 5.96. The van der Waals surface area contributed by atoms with Gasteiger partial charge in [0, 0.05) is 25.9 Å². The van der Waals surface area contributed by atoms with Crippen LogP contribution in [0, 0.1) is 5.92 Å². The molecule has 0 unspecified atom stereocenters. The highest BCUT2D eigenvalue weighted by Gasteiger charge is 2.18. The maximum Gasteiger partial charge on any atom is 0.134 e. The minimum atomic E-state index is 0.527. The topological polar surface area (TPSA) is 69.1 Å². The van der Waals surface area contributed by atoms with E-state index in [-0.39, 0.29) is 0 Å². The number of hydrogen-bond acceptors (Lipinski definition) is 3. The Kier molecular flexibility index (Phi) is 3.54. The number of amidine groups is 1. The van der Waals surface area contributed by atoms with Crippen molar-refractivity contribution in [3.8, 4) is 0 Å². The predicted octanol–water partition coefficient (Wildman–Crippen LogP) is 0.905. The molecule has 5 heteroatoms. The molecule has 0 aliphatic heterocycles. The molecule has 1 aromatic rings. The van der Waals surface area contributed by atoms with Crippen molar-refractivity contribution in [3.05, 3.63) is 12.2 Å². The third-order valence-corrected chi connectivity index (χ3v) is 3.21. The van der Waals surface area contributed by atoms with Gasteiger partial charge in [-0.2, -0.15) is 0 Å². The first kappa shape index (κ1) is 11.1. The van der Waals surface area contributed by atoms with Crippen LogP contribution in [0.15, 0.2) is 11.3 Å². The van der Waals surface area contributed by atoms with Crippen molar-refractivity contribution in [3.63, 3.8) is 0 Å². The second kappa shape index (κ2) is 5.09. The molecule has 1 aliphatic carbocycles. The summed E-state index contributed by atoms with van der Waals surface area (Å²) in [6, 6.07) is 0. The van der Waals surface area contributed by atoms with Gasteiger partial charge < -0.3 is 10.3 Å². The van der Waals surface area contributed by atoms with Crippen molar-refractivity contribution in [2.45, 2.75) is 32.1 Å². The molecule has 2 N–H and O–H groups in total. The number of rotatable bonds is 4. The molecule has 0 bridgehead atoms. The number of aromatic nitrogens is 3. The summed E-state index contributed by atoms with van der Waals surface area (Å²) >= 11 is 0. The van der Waals surface area contributed by atoms with E-state index in [9.17, 15) is 0 Å². The van der Waals surface area contributed by atoms with Crippen LogP contribution in [-0.4, -0.2) is 27.1 Å². The summed E-state index contributed by atoms with van der Waals surface area (Å²) in [7, 11) is 1.94. The fourth-order valence-corrected chi connectivity index (χ4v) is 2.17. The number of aliphatic imine (C=N–C) groups is 1. The number of aryl methyl sites for hydroxylation is 1. The summed E-state index contributed by atoms with van der Waals surface area (Å²) in [6.07, 6.45) is 7.52. The predicted molar refractivity (Wildman–Crippen MR) is 63.2 cm³/mol. The van der Waals surface area contributed by atoms with Crippen LogP contribution in [0.5, 0.6) is 0 Å². The Hall–Kier alpha value is -1.39. The SMILES string of the molecule is Cn1cnnc1CCN=C(N)C1CCCC1. The molecule has 88 valence electrons. The lowest BCUT2D eigenvalue weighted by molar-refractivity contribution is 0.710. The molecule has 0 atom stereocenters. The molecule has 0 saturated heterocycles. The molecule has 0 aromatic carbocycles. The highest BCUT2D eigenvalue weighted by atomic mass is 15.2. The van der Waals surface area contributed by atoms with E-state index in [1.54, 1.807) is 6.33 Å². The molecule has 2 rings (SSSR count). The van der Waals surface area contributed by atoms with Gasteiger partial charge in [-0.15, -0.1) is 10.2 Å². The van der Waals surface area contributed by atoms with Crippen LogP contribution < -0.4 is 5.73 Å². The lowest BCUT2D eigenvalue weighted by atomic mass is 10.1. The monoisotopic (exact) mass is 221 g/mol. The molecule has 1 saturated carbocycles. The van der Waals surface area contributed by atoms with Gasteiger partial charge in [-0.3, -0.25) is 4.99 Å². The average molecular weight is 221 g/mol. The Morgan fingerprint density at radius 1 is 1.56 bits per heavy atom. The van der Waals surface area contributed by atoms with E-state index < -0.39 is 0 Å². The fraction of sp³-hybridized carbons (Fsp3) is 0.727. The van der Waals surface area contributed by atoms with Gasteiger partial charge in [0.1, 0.15) is 12.2 Å². The van der Waals surface area contributed by atoms with E-state index in [0.717, 1.165) is 24.6 Å². The van der Waals surface area contributed by atoms with Crippen LogP contribution in [0.2, 0.25) is 0 Å². The first-order chi connectivity index (χ1) is 7.77. The average Bonchev–Trinajstić information content (AvgIpc) is 2.90. The van der Waals surface area contributed by atoms with Crippen molar-refractivity contribution in [2.75, 3.05) is 6.54 Å². The van der Waals surface area contributed by atoms with Crippen molar-refractivity contribution in [2.24, 2.45) is 23.7 Å². The Morgan fingerprint density at radius 2 is 2.31 bits per heavy atom. The van der Waals surface area contributed by atoms with Crippen molar-refractivity contribution in [1.29, 1.82) is 0 Å². The Bertz CT molecular complexity index is 362. The minimum Gasteiger partial charge on any atom is -0.387 e. The Balaban J connectivity index is 1.82. The minimum absolute atomic E-state index is 0.527. The Morgan fingerprint density at radius 3 is 2.94 bits per heavy atom. The number of hydrogen-bond donors (Lipinski definition) is 1. The normalized spacial score (nSPS) is 18.2. The molecule has 0 amide bonds.